The normalized spacial score (nSPS) is 14.4. The fourth-order valence-corrected chi connectivity index (χ4v) is 4.52. The van der Waals surface area contributed by atoms with Crippen LogP contribution in [0.25, 0.3) is 0 Å². The number of aromatic nitrogens is 1. The summed E-state index contributed by atoms with van der Waals surface area (Å²) in [5, 5.41) is 2.98. The van der Waals surface area contributed by atoms with Gasteiger partial charge in [-0.2, -0.15) is 4.31 Å². The van der Waals surface area contributed by atoms with Crippen molar-refractivity contribution in [2.45, 2.75) is 24.7 Å². The molecule has 0 bridgehead atoms. The van der Waals surface area contributed by atoms with Crippen molar-refractivity contribution >= 4 is 39.1 Å². The van der Waals surface area contributed by atoms with Gasteiger partial charge in [0.2, 0.25) is 15.9 Å². The van der Waals surface area contributed by atoms with Gasteiger partial charge in [0, 0.05) is 26.3 Å². The number of anilines is 1. The zero-order valence-electron chi connectivity index (χ0n) is 16.2. The third kappa shape index (κ3) is 4.80. The molecule has 1 saturated heterocycles. The molecule has 2 N–H and O–H groups in total. The van der Waals surface area contributed by atoms with Gasteiger partial charge in [-0.05, 0) is 43.5 Å². The monoisotopic (exact) mass is 438 g/mol. The number of sulfonamides is 1. The first-order valence-electron chi connectivity index (χ1n) is 9.18. The van der Waals surface area contributed by atoms with Crippen LogP contribution in [0.4, 0.5) is 5.69 Å². The van der Waals surface area contributed by atoms with Gasteiger partial charge in [0.25, 0.3) is 5.91 Å². The molecule has 0 atom stereocenters. The SMILES string of the molecule is Cc1ccc(NC(=O)CN(C)S(=O)(=O)c2c[nH]c(C(=O)N3CCCC3)c2)c(Cl)c1. The van der Waals surface area contributed by atoms with Crippen molar-refractivity contribution in [3.8, 4) is 0 Å². The molecule has 156 valence electrons. The fourth-order valence-electron chi connectivity index (χ4n) is 3.12. The highest BCUT2D eigenvalue weighted by molar-refractivity contribution is 7.89. The molecule has 0 aliphatic carbocycles. The van der Waals surface area contributed by atoms with E-state index in [1.807, 2.05) is 6.92 Å². The molecule has 1 aromatic heterocycles. The van der Waals surface area contributed by atoms with E-state index in [9.17, 15) is 18.0 Å². The summed E-state index contributed by atoms with van der Waals surface area (Å²) >= 11 is 6.10. The van der Waals surface area contributed by atoms with E-state index in [0.717, 1.165) is 22.7 Å². The maximum Gasteiger partial charge on any atom is 0.270 e. The third-order valence-corrected chi connectivity index (χ3v) is 6.85. The van der Waals surface area contributed by atoms with Crippen molar-refractivity contribution in [1.29, 1.82) is 0 Å². The van der Waals surface area contributed by atoms with Crippen molar-refractivity contribution in [3.05, 3.63) is 46.7 Å². The molecule has 8 nitrogen and oxygen atoms in total. The minimum absolute atomic E-state index is 0.0660. The van der Waals surface area contributed by atoms with E-state index in [4.69, 9.17) is 11.6 Å². The van der Waals surface area contributed by atoms with Gasteiger partial charge in [0.05, 0.1) is 17.3 Å². The highest BCUT2D eigenvalue weighted by Gasteiger charge is 2.27. The van der Waals surface area contributed by atoms with E-state index in [1.165, 1.54) is 19.3 Å². The molecule has 1 aliphatic rings. The van der Waals surface area contributed by atoms with E-state index in [2.05, 4.69) is 10.3 Å². The number of H-pyrrole nitrogens is 1. The van der Waals surface area contributed by atoms with Gasteiger partial charge < -0.3 is 15.2 Å². The second-order valence-corrected chi connectivity index (χ2v) is 9.49. The van der Waals surface area contributed by atoms with Crippen molar-refractivity contribution in [3.63, 3.8) is 0 Å². The molecule has 0 spiro atoms. The van der Waals surface area contributed by atoms with E-state index in [1.54, 1.807) is 23.1 Å². The molecule has 0 radical (unpaired) electrons. The van der Waals surface area contributed by atoms with Gasteiger partial charge in [-0.15, -0.1) is 0 Å². The van der Waals surface area contributed by atoms with Gasteiger partial charge >= 0.3 is 0 Å². The maximum absolute atomic E-state index is 12.8. The molecule has 2 aromatic rings. The summed E-state index contributed by atoms with van der Waals surface area (Å²) in [6, 6.07) is 6.46. The lowest BCUT2D eigenvalue weighted by atomic mass is 10.2. The number of hydrogen-bond acceptors (Lipinski definition) is 4. The second-order valence-electron chi connectivity index (χ2n) is 7.04. The van der Waals surface area contributed by atoms with Crippen LogP contribution in [-0.4, -0.2) is 61.1 Å². The first-order chi connectivity index (χ1) is 13.7. The van der Waals surface area contributed by atoms with Crippen LogP contribution in [0.1, 0.15) is 28.9 Å². The number of likely N-dealkylation sites (tertiary alicyclic amines) is 1. The molecule has 1 fully saturated rings. The maximum atomic E-state index is 12.8. The van der Waals surface area contributed by atoms with Crippen LogP contribution in [0, 0.1) is 6.92 Å². The quantitative estimate of drug-likeness (QED) is 0.723. The summed E-state index contributed by atoms with van der Waals surface area (Å²) in [5.41, 5.74) is 1.57. The average molecular weight is 439 g/mol. The number of amides is 2. The van der Waals surface area contributed by atoms with E-state index in [-0.39, 0.29) is 16.5 Å². The number of likely N-dealkylation sites (N-methyl/N-ethyl adjacent to an activating group) is 1. The lowest BCUT2D eigenvalue weighted by Gasteiger charge is -2.16. The molecule has 29 heavy (non-hydrogen) atoms. The Labute approximate surface area is 174 Å². The van der Waals surface area contributed by atoms with Gasteiger partial charge in [0.15, 0.2) is 0 Å². The Morgan fingerprint density at radius 3 is 2.59 bits per heavy atom. The summed E-state index contributed by atoms with van der Waals surface area (Å²) in [6.45, 7) is 2.81. The third-order valence-electron chi connectivity index (χ3n) is 4.75. The Morgan fingerprint density at radius 2 is 1.93 bits per heavy atom. The average Bonchev–Trinajstić information content (AvgIpc) is 3.35. The predicted octanol–water partition coefficient (Wildman–Crippen LogP) is 2.47. The number of hydrogen-bond donors (Lipinski definition) is 2. The minimum atomic E-state index is -3.94. The predicted molar refractivity (Wildman–Crippen MR) is 111 cm³/mol. The van der Waals surface area contributed by atoms with Crippen LogP contribution in [0.15, 0.2) is 35.4 Å². The zero-order chi connectivity index (χ0) is 21.2. The number of carbonyl (C=O) groups is 2. The lowest BCUT2D eigenvalue weighted by Crippen LogP contribution is -2.34. The highest BCUT2D eigenvalue weighted by atomic mass is 35.5. The number of halogens is 1. The topological polar surface area (TPSA) is 103 Å². The molecule has 0 unspecified atom stereocenters. The van der Waals surface area contributed by atoms with Gasteiger partial charge in [-0.25, -0.2) is 8.42 Å². The molecule has 2 heterocycles. The van der Waals surface area contributed by atoms with Gasteiger partial charge in [-0.3, -0.25) is 9.59 Å². The standard InChI is InChI=1S/C19H23ClN4O4S/c1-13-5-6-16(15(20)9-13)22-18(25)12-23(2)29(27,28)14-10-17(21-11-14)19(26)24-7-3-4-8-24/h5-6,9-11,21H,3-4,7-8,12H2,1-2H3,(H,22,25). The molecule has 10 heteroatoms. The summed E-state index contributed by atoms with van der Waals surface area (Å²) in [5.74, 6) is -0.746. The minimum Gasteiger partial charge on any atom is -0.356 e. The van der Waals surface area contributed by atoms with E-state index < -0.39 is 22.5 Å². The lowest BCUT2D eigenvalue weighted by molar-refractivity contribution is -0.116. The summed E-state index contributed by atoms with van der Waals surface area (Å²) in [7, 11) is -2.64. The van der Waals surface area contributed by atoms with Crippen LogP contribution in [0.5, 0.6) is 0 Å². The zero-order valence-corrected chi connectivity index (χ0v) is 17.8. The Bertz CT molecular complexity index is 1030. The molecule has 0 saturated carbocycles. The number of benzene rings is 1. The van der Waals surface area contributed by atoms with E-state index in [0.29, 0.717) is 23.8 Å². The van der Waals surface area contributed by atoms with Crippen molar-refractivity contribution in [2.24, 2.45) is 0 Å². The summed E-state index contributed by atoms with van der Waals surface area (Å²) < 4.78 is 26.5. The van der Waals surface area contributed by atoms with Crippen molar-refractivity contribution in [1.82, 2.24) is 14.2 Å². The Kier molecular flexibility index (Phi) is 6.30. The fraction of sp³-hybridized carbons (Fsp3) is 0.368. The largest absolute Gasteiger partial charge is 0.356 e. The molecular weight excluding hydrogens is 416 g/mol. The van der Waals surface area contributed by atoms with Crippen molar-refractivity contribution in [2.75, 3.05) is 32.0 Å². The molecule has 1 aliphatic heterocycles. The van der Waals surface area contributed by atoms with Crippen LogP contribution in [0.3, 0.4) is 0 Å². The number of nitrogens with one attached hydrogen (secondary N) is 2. The number of nitrogens with zero attached hydrogens (tertiary/aromatic N) is 2. The first kappa shape index (κ1) is 21.4. The molecule has 2 amide bonds. The number of rotatable bonds is 6. The Balaban J connectivity index is 1.67. The first-order valence-corrected chi connectivity index (χ1v) is 11.0. The Morgan fingerprint density at radius 1 is 1.24 bits per heavy atom. The molecule has 1 aromatic carbocycles. The molecule has 3 rings (SSSR count). The van der Waals surface area contributed by atoms with Crippen LogP contribution >= 0.6 is 11.6 Å². The molecular formula is C19H23ClN4O4S. The van der Waals surface area contributed by atoms with Gasteiger partial charge in [0.1, 0.15) is 10.6 Å². The number of aryl methyl sites for hydroxylation is 1. The number of carbonyl (C=O) groups excluding carboxylic acids is 2. The summed E-state index contributed by atoms with van der Waals surface area (Å²) in [6.07, 6.45) is 3.16. The smallest absolute Gasteiger partial charge is 0.270 e. The summed E-state index contributed by atoms with van der Waals surface area (Å²) in [4.78, 5) is 29.0. The second kappa shape index (κ2) is 8.56. The highest BCUT2D eigenvalue weighted by Crippen LogP contribution is 2.23. The van der Waals surface area contributed by atoms with Crippen LogP contribution in [0.2, 0.25) is 5.02 Å². The van der Waals surface area contributed by atoms with Crippen molar-refractivity contribution < 1.29 is 18.0 Å². The van der Waals surface area contributed by atoms with Crippen LogP contribution in [-0.2, 0) is 14.8 Å². The number of aromatic amines is 1. The van der Waals surface area contributed by atoms with E-state index >= 15 is 0 Å². The van der Waals surface area contributed by atoms with Crippen LogP contribution < -0.4 is 5.32 Å². The van der Waals surface area contributed by atoms with Gasteiger partial charge in [-0.1, -0.05) is 17.7 Å². The Hall–Kier alpha value is -2.36.